The van der Waals surface area contributed by atoms with E-state index in [-0.39, 0.29) is 11.9 Å². The van der Waals surface area contributed by atoms with Gasteiger partial charge in [-0.05, 0) is 17.7 Å². The molecule has 0 bridgehead atoms. The molecular formula is C13H16N6O2S. The lowest BCUT2D eigenvalue weighted by Gasteiger charge is -2.03. The highest BCUT2D eigenvalue weighted by Gasteiger charge is 2.06. The fraction of sp³-hybridized carbons (Fsp3) is 0.231. The molecule has 1 aromatic heterocycles. The molecule has 0 atom stereocenters. The van der Waals surface area contributed by atoms with E-state index in [9.17, 15) is 9.59 Å². The molecule has 1 heterocycles. The molecule has 0 aliphatic carbocycles. The van der Waals surface area contributed by atoms with Crippen LogP contribution in [-0.4, -0.2) is 28.3 Å². The molecule has 0 radical (unpaired) electrons. The van der Waals surface area contributed by atoms with Crippen molar-refractivity contribution in [2.24, 2.45) is 0 Å². The highest BCUT2D eigenvalue weighted by molar-refractivity contribution is 7.09. The van der Waals surface area contributed by atoms with Crippen molar-refractivity contribution in [1.82, 2.24) is 20.1 Å². The van der Waals surface area contributed by atoms with E-state index in [4.69, 9.17) is 0 Å². The van der Waals surface area contributed by atoms with E-state index in [1.807, 2.05) is 24.3 Å². The zero-order valence-electron chi connectivity index (χ0n) is 12.1. The Hall–Kier alpha value is -2.68. The third kappa shape index (κ3) is 4.70. The fourth-order valence-corrected chi connectivity index (χ4v) is 2.18. The lowest BCUT2D eigenvalue weighted by molar-refractivity contribution is -0.114. The van der Waals surface area contributed by atoms with Gasteiger partial charge in [-0.3, -0.25) is 10.2 Å². The normalized spacial score (nSPS) is 9.91. The van der Waals surface area contributed by atoms with E-state index in [1.165, 1.54) is 14.0 Å². The molecule has 116 valence electrons. The van der Waals surface area contributed by atoms with E-state index in [0.29, 0.717) is 17.4 Å². The minimum Gasteiger partial charge on any atom is -0.340 e. The minimum atomic E-state index is -0.356. The van der Waals surface area contributed by atoms with Crippen LogP contribution < -0.4 is 21.5 Å². The van der Waals surface area contributed by atoms with Gasteiger partial charge < -0.3 is 10.6 Å². The lowest BCUT2D eigenvalue weighted by atomic mass is 10.1. The number of urea groups is 1. The number of nitrogens with zero attached hydrogens (tertiary/aromatic N) is 2. The van der Waals surface area contributed by atoms with Crippen LogP contribution >= 0.6 is 11.5 Å². The molecule has 0 unspecified atom stereocenters. The molecule has 2 rings (SSSR count). The quantitative estimate of drug-likeness (QED) is 0.622. The average molecular weight is 320 g/mol. The average Bonchev–Trinajstić information content (AvgIpc) is 2.94. The summed E-state index contributed by atoms with van der Waals surface area (Å²) in [7, 11) is 1.52. The number of aromatic nitrogens is 2. The minimum absolute atomic E-state index is 0.103. The summed E-state index contributed by atoms with van der Waals surface area (Å²) in [4.78, 5) is 26.3. The lowest BCUT2D eigenvalue weighted by Crippen LogP contribution is -2.36. The number of carbonyl (C=O) groups excluding carboxylic acids is 2. The Labute approximate surface area is 131 Å². The Morgan fingerprint density at radius 3 is 2.59 bits per heavy atom. The monoisotopic (exact) mass is 320 g/mol. The van der Waals surface area contributed by atoms with Crippen LogP contribution in [0.1, 0.15) is 18.3 Å². The standard InChI is InChI=1S/C13H16N6O2S/c1-8(20)15-10-5-3-9(4-6-10)7-11-16-13(22-19-11)18-17-12(21)14-2/h3-6H,7H2,1-2H3,(H,15,20)(H2,14,17,21)(H,16,18,19). The number of anilines is 2. The maximum absolute atomic E-state index is 11.0. The van der Waals surface area contributed by atoms with E-state index in [0.717, 1.165) is 22.8 Å². The van der Waals surface area contributed by atoms with Gasteiger partial charge >= 0.3 is 6.03 Å². The van der Waals surface area contributed by atoms with E-state index >= 15 is 0 Å². The molecule has 4 N–H and O–H groups in total. The number of amides is 3. The Balaban J connectivity index is 1.92. The fourth-order valence-electron chi connectivity index (χ4n) is 1.64. The van der Waals surface area contributed by atoms with Crippen LogP contribution in [0, 0.1) is 0 Å². The molecule has 9 heteroatoms. The number of benzene rings is 1. The first-order valence-electron chi connectivity index (χ1n) is 6.49. The summed E-state index contributed by atoms with van der Waals surface area (Å²) >= 11 is 1.16. The van der Waals surface area contributed by atoms with Crippen molar-refractivity contribution in [3.8, 4) is 0 Å². The number of hydrazine groups is 1. The molecule has 0 aliphatic heterocycles. The van der Waals surface area contributed by atoms with Gasteiger partial charge in [-0.15, -0.1) is 0 Å². The third-order valence-corrected chi connectivity index (χ3v) is 3.28. The first-order chi connectivity index (χ1) is 10.6. The smallest absolute Gasteiger partial charge is 0.333 e. The van der Waals surface area contributed by atoms with Gasteiger partial charge in [-0.1, -0.05) is 12.1 Å². The SMILES string of the molecule is CNC(=O)NNc1nc(Cc2ccc(NC(C)=O)cc2)ns1. The molecule has 0 saturated carbocycles. The van der Waals surface area contributed by atoms with Gasteiger partial charge in [0, 0.05) is 37.6 Å². The van der Waals surface area contributed by atoms with E-state index in [2.05, 4.69) is 30.8 Å². The number of hydrogen-bond acceptors (Lipinski definition) is 6. The van der Waals surface area contributed by atoms with Crippen molar-refractivity contribution in [1.29, 1.82) is 0 Å². The number of hydrogen-bond donors (Lipinski definition) is 4. The van der Waals surface area contributed by atoms with Crippen molar-refractivity contribution in [3.05, 3.63) is 35.7 Å². The maximum atomic E-state index is 11.0. The molecule has 0 saturated heterocycles. The van der Waals surface area contributed by atoms with Crippen LogP contribution in [0.2, 0.25) is 0 Å². The van der Waals surface area contributed by atoms with Crippen molar-refractivity contribution in [2.75, 3.05) is 17.8 Å². The summed E-state index contributed by atoms with van der Waals surface area (Å²) in [5.41, 5.74) is 6.86. The van der Waals surface area contributed by atoms with Gasteiger partial charge in [0.1, 0.15) is 5.82 Å². The molecule has 22 heavy (non-hydrogen) atoms. The van der Waals surface area contributed by atoms with Gasteiger partial charge in [0.15, 0.2) is 0 Å². The van der Waals surface area contributed by atoms with Gasteiger partial charge in [-0.25, -0.2) is 15.2 Å². The Bertz CT molecular complexity index is 655. The molecule has 8 nitrogen and oxygen atoms in total. The highest BCUT2D eigenvalue weighted by atomic mass is 32.1. The topological polar surface area (TPSA) is 108 Å². The first-order valence-corrected chi connectivity index (χ1v) is 7.27. The Morgan fingerprint density at radius 2 is 1.95 bits per heavy atom. The van der Waals surface area contributed by atoms with Crippen LogP contribution in [0.25, 0.3) is 0 Å². The van der Waals surface area contributed by atoms with Gasteiger partial charge in [-0.2, -0.15) is 4.37 Å². The van der Waals surface area contributed by atoms with Crippen LogP contribution in [0.3, 0.4) is 0 Å². The van der Waals surface area contributed by atoms with Crippen molar-refractivity contribution >= 4 is 34.3 Å². The Morgan fingerprint density at radius 1 is 1.23 bits per heavy atom. The zero-order valence-corrected chi connectivity index (χ0v) is 13.0. The number of nitrogens with one attached hydrogen (secondary N) is 4. The second-order valence-electron chi connectivity index (χ2n) is 4.40. The molecular weight excluding hydrogens is 304 g/mol. The number of carbonyl (C=O) groups is 2. The van der Waals surface area contributed by atoms with Crippen molar-refractivity contribution in [2.45, 2.75) is 13.3 Å². The predicted octanol–water partition coefficient (Wildman–Crippen LogP) is 1.34. The van der Waals surface area contributed by atoms with Crippen LogP contribution in [-0.2, 0) is 11.2 Å². The van der Waals surface area contributed by atoms with E-state index < -0.39 is 0 Å². The maximum Gasteiger partial charge on any atom is 0.333 e. The highest BCUT2D eigenvalue weighted by Crippen LogP contribution is 2.15. The molecule has 0 spiro atoms. The summed E-state index contributed by atoms with van der Waals surface area (Å²) in [6, 6.07) is 7.11. The second-order valence-corrected chi connectivity index (χ2v) is 5.15. The first kappa shape index (κ1) is 15.7. The van der Waals surface area contributed by atoms with Crippen LogP contribution in [0.5, 0.6) is 0 Å². The van der Waals surface area contributed by atoms with Gasteiger partial charge in [0.2, 0.25) is 11.0 Å². The van der Waals surface area contributed by atoms with Gasteiger partial charge in [0.05, 0.1) is 0 Å². The summed E-state index contributed by atoms with van der Waals surface area (Å²) in [5, 5.41) is 5.63. The predicted molar refractivity (Wildman–Crippen MR) is 84.7 cm³/mol. The molecule has 1 aromatic carbocycles. The van der Waals surface area contributed by atoms with Crippen molar-refractivity contribution in [3.63, 3.8) is 0 Å². The summed E-state index contributed by atoms with van der Waals surface area (Å²) in [6.07, 6.45) is 0.568. The molecule has 2 aromatic rings. The zero-order chi connectivity index (χ0) is 15.9. The summed E-state index contributed by atoms with van der Waals surface area (Å²) in [5.74, 6) is 0.548. The number of rotatable bonds is 5. The van der Waals surface area contributed by atoms with Crippen LogP contribution in [0.4, 0.5) is 15.6 Å². The van der Waals surface area contributed by atoms with E-state index in [1.54, 1.807) is 0 Å². The molecule has 3 amide bonds. The van der Waals surface area contributed by atoms with Gasteiger partial charge in [0.25, 0.3) is 0 Å². The molecule has 0 aliphatic rings. The molecule has 0 fully saturated rings. The van der Waals surface area contributed by atoms with Crippen molar-refractivity contribution < 1.29 is 9.59 Å². The largest absolute Gasteiger partial charge is 0.340 e. The van der Waals surface area contributed by atoms with Crippen LogP contribution in [0.15, 0.2) is 24.3 Å². The summed E-state index contributed by atoms with van der Waals surface area (Å²) < 4.78 is 4.21. The summed E-state index contributed by atoms with van der Waals surface area (Å²) in [6.45, 7) is 1.47. The second kappa shape index (κ2) is 7.36. The third-order valence-electron chi connectivity index (χ3n) is 2.61. The Kier molecular flexibility index (Phi) is 5.26.